The molecule has 0 spiro atoms. The molecule has 1 aromatic carbocycles. The average Bonchev–Trinajstić information content (AvgIpc) is 2.93. The number of hydrogen-bond acceptors (Lipinski definition) is 4. The van der Waals surface area contributed by atoms with E-state index in [0.717, 1.165) is 46.7 Å². The number of nitrogens with one attached hydrogen (secondary N) is 1. The first kappa shape index (κ1) is 16.2. The lowest BCUT2D eigenvalue weighted by atomic mass is 9.99. The number of benzene rings is 1. The van der Waals surface area contributed by atoms with Gasteiger partial charge in [0.15, 0.2) is 0 Å². The van der Waals surface area contributed by atoms with Crippen LogP contribution in [0.1, 0.15) is 44.5 Å². The first-order chi connectivity index (χ1) is 11.1. The van der Waals surface area contributed by atoms with E-state index in [2.05, 4.69) is 28.2 Å². The molecule has 1 saturated heterocycles. The summed E-state index contributed by atoms with van der Waals surface area (Å²) in [4.78, 5) is 19.4. The molecule has 2 heterocycles. The van der Waals surface area contributed by atoms with Crippen molar-refractivity contribution in [1.29, 1.82) is 0 Å². The molecule has 0 radical (unpaired) electrons. The van der Waals surface area contributed by atoms with Gasteiger partial charge in [0, 0.05) is 18.3 Å². The largest absolute Gasteiger partial charge is 0.374 e. The fourth-order valence-corrected chi connectivity index (χ4v) is 4.27. The zero-order valence-corrected chi connectivity index (χ0v) is 14.9. The predicted octanol–water partition coefficient (Wildman–Crippen LogP) is 4.20. The second kappa shape index (κ2) is 6.87. The average molecular weight is 331 g/mol. The van der Waals surface area contributed by atoms with Gasteiger partial charge in [0.05, 0.1) is 15.2 Å². The summed E-state index contributed by atoms with van der Waals surface area (Å²) >= 11 is 1.69. The van der Waals surface area contributed by atoms with Crippen LogP contribution >= 0.6 is 11.3 Å². The summed E-state index contributed by atoms with van der Waals surface area (Å²) in [6, 6.07) is 6.34. The van der Waals surface area contributed by atoms with Crippen LogP contribution in [0.3, 0.4) is 0 Å². The number of carbonyl (C=O) groups is 1. The van der Waals surface area contributed by atoms with Crippen LogP contribution in [0.25, 0.3) is 10.2 Å². The fraction of sp³-hybridized carbons (Fsp3) is 0.556. The van der Waals surface area contributed by atoms with Crippen molar-refractivity contribution >= 4 is 33.1 Å². The summed E-state index contributed by atoms with van der Waals surface area (Å²) in [5.41, 5.74) is 2.02. The van der Waals surface area contributed by atoms with Crippen LogP contribution in [0.4, 0.5) is 5.69 Å². The van der Waals surface area contributed by atoms with Gasteiger partial charge in [0.2, 0.25) is 5.91 Å². The smallest absolute Gasteiger partial charge is 0.245 e. The minimum Gasteiger partial charge on any atom is -0.374 e. The van der Waals surface area contributed by atoms with Gasteiger partial charge in [-0.15, -0.1) is 11.3 Å². The van der Waals surface area contributed by atoms with Crippen LogP contribution in [0, 0.1) is 6.92 Å². The highest BCUT2D eigenvalue weighted by Gasteiger charge is 2.28. The number of fused-ring (bicyclic) bond motifs is 1. The molecule has 1 N–H and O–H groups in total. The highest BCUT2D eigenvalue weighted by molar-refractivity contribution is 7.18. The standard InChI is InChI=1S/C18H25N3OS/c1-4-15-7-5-6-10-21(15)18(22)12(2)19-14-8-9-16-17(11-14)23-13(3)20-16/h8-9,11-12,15,19H,4-7,10H2,1-3H3. The van der Waals surface area contributed by atoms with Gasteiger partial charge >= 0.3 is 0 Å². The monoisotopic (exact) mass is 331 g/mol. The van der Waals surface area contributed by atoms with Crippen molar-refractivity contribution in [2.24, 2.45) is 0 Å². The Morgan fingerprint density at radius 3 is 3.09 bits per heavy atom. The number of aromatic nitrogens is 1. The molecule has 23 heavy (non-hydrogen) atoms. The molecule has 3 rings (SSSR count). The summed E-state index contributed by atoms with van der Waals surface area (Å²) in [6.07, 6.45) is 4.55. The first-order valence-electron chi connectivity index (χ1n) is 8.52. The Kier molecular flexibility index (Phi) is 4.85. The number of hydrogen-bond donors (Lipinski definition) is 1. The predicted molar refractivity (Wildman–Crippen MR) is 97.1 cm³/mol. The molecule has 2 aromatic rings. The van der Waals surface area contributed by atoms with Gasteiger partial charge < -0.3 is 10.2 Å². The van der Waals surface area contributed by atoms with Crippen LogP contribution in [-0.4, -0.2) is 34.4 Å². The minimum absolute atomic E-state index is 0.200. The lowest BCUT2D eigenvalue weighted by Crippen LogP contribution is -2.49. The zero-order valence-electron chi connectivity index (χ0n) is 14.1. The third-order valence-corrected chi connectivity index (χ3v) is 5.56. The van der Waals surface area contributed by atoms with Gasteiger partial charge in [-0.25, -0.2) is 4.98 Å². The summed E-state index contributed by atoms with van der Waals surface area (Å²) in [6.45, 7) is 7.06. The highest BCUT2D eigenvalue weighted by Crippen LogP contribution is 2.26. The van der Waals surface area contributed by atoms with Gasteiger partial charge in [0.1, 0.15) is 6.04 Å². The lowest BCUT2D eigenvalue weighted by Gasteiger charge is -2.37. The van der Waals surface area contributed by atoms with Crippen LogP contribution < -0.4 is 5.32 Å². The Morgan fingerprint density at radius 2 is 2.30 bits per heavy atom. The molecule has 1 fully saturated rings. The van der Waals surface area contributed by atoms with Crippen molar-refractivity contribution in [3.05, 3.63) is 23.2 Å². The van der Waals surface area contributed by atoms with E-state index in [-0.39, 0.29) is 11.9 Å². The van der Waals surface area contributed by atoms with E-state index < -0.39 is 0 Å². The second-order valence-electron chi connectivity index (χ2n) is 6.37. The van der Waals surface area contributed by atoms with Crippen molar-refractivity contribution < 1.29 is 4.79 Å². The molecule has 2 unspecified atom stereocenters. The molecule has 2 atom stereocenters. The van der Waals surface area contributed by atoms with Crippen LogP contribution in [0.2, 0.25) is 0 Å². The topological polar surface area (TPSA) is 45.2 Å². The van der Waals surface area contributed by atoms with E-state index >= 15 is 0 Å². The molecule has 4 nitrogen and oxygen atoms in total. The highest BCUT2D eigenvalue weighted by atomic mass is 32.1. The Bertz CT molecular complexity index is 697. The van der Waals surface area contributed by atoms with Crippen molar-refractivity contribution in [3.8, 4) is 0 Å². The molecular weight excluding hydrogens is 306 g/mol. The van der Waals surface area contributed by atoms with E-state index in [9.17, 15) is 4.79 Å². The molecule has 124 valence electrons. The van der Waals surface area contributed by atoms with E-state index in [0.29, 0.717) is 6.04 Å². The van der Waals surface area contributed by atoms with Crippen molar-refractivity contribution in [3.63, 3.8) is 0 Å². The Hall–Kier alpha value is -1.62. The molecule has 1 aromatic heterocycles. The molecule has 0 saturated carbocycles. The normalized spacial score (nSPS) is 19.8. The van der Waals surface area contributed by atoms with Crippen molar-refractivity contribution in [2.45, 2.75) is 58.5 Å². The van der Waals surface area contributed by atoms with Gasteiger partial charge in [-0.3, -0.25) is 4.79 Å². The third kappa shape index (κ3) is 3.50. The minimum atomic E-state index is -0.200. The maximum absolute atomic E-state index is 12.8. The van der Waals surface area contributed by atoms with Crippen LogP contribution in [0.15, 0.2) is 18.2 Å². The van der Waals surface area contributed by atoms with E-state index in [1.165, 1.54) is 6.42 Å². The van der Waals surface area contributed by atoms with E-state index in [1.807, 2.05) is 26.0 Å². The van der Waals surface area contributed by atoms with Crippen molar-refractivity contribution in [2.75, 3.05) is 11.9 Å². The Morgan fingerprint density at radius 1 is 1.48 bits per heavy atom. The SMILES string of the molecule is CCC1CCCCN1C(=O)C(C)Nc1ccc2nc(C)sc2c1. The number of amides is 1. The van der Waals surface area contributed by atoms with E-state index in [1.54, 1.807) is 11.3 Å². The van der Waals surface area contributed by atoms with Crippen molar-refractivity contribution in [1.82, 2.24) is 9.88 Å². The number of likely N-dealkylation sites (tertiary alicyclic amines) is 1. The van der Waals surface area contributed by atoms with E-state index in [4.69, 9.17) is 0 Å². The number of carbonyl (C=O) groups excluding carboxylic acids is 1. The summed E-state index contributed by atoms with van der Waals surface area (Å²) in [5.74, 6) is 0.220. The van der Waals surface area contributed by atoms with Gasteiger partial charge in [-0.05, 0) is 57.7 Å². The number of aryl methyl sites for hydroxylation is 1. The molecule has 0 bridgehead atoms. The van der Waals surface area contributed by atoms with Gasteiger partial charge in [-0.2, -0.15) is 0 Å². The fourth-order valence-electron chi connectivity index (χ4n) is 3.41. The number of rotatable bonds is 4. The molecule has 1 aliphatic rings. The number of anilines is 1. The molecule has 5 heteroatoms. The first-order valence-corrected chi connectivity index (χ1v) is 9.34. The number of thiazole rings is 1. The van der Waals surface area contributed by atoms with Gasteiger partial charge in [0.25, 0.3) is 0 Å². The molecule has 0 aliphatic carbocycles. The maximum atomic E-state index is 12.8. The number of nitrogens with zero attached hydrogens (tertiary/aromatic N) is 2. The zero-order chi connectivity index (χ0) is 16.4. The van der Waals surface area contributed by atoms with Gasteiger partial charge in [-0.1, -0.05) is 6.92 Å². The molecule has 1 aliphatic heterocycles. The quantitative estimate of drug-likeness (QED) is 0.913. The van der Waals surface area contributed by atoms with Crippen LogP contribution in [0.5, 0.6) is 0 Å². The third-order valence-electron chi connectivity index (χ3n) is 4.63. The summed E-state index contributed by atoms with van der Waals surface area (Å²) < 4.78 is 1.16. The second-order valence-corrected chi connectivity index (χ2v) is 7.61. The molecule has 1 amide bonds. The maximum Gasteiger partial charge on any atom is 0.245 e. The summed E-state index contributed by atoms with van der Waals surface area (Å²) in [7, 11) is 0. The number of piperidine rings is 1. The Balaban J connectivity index is 1.71. The Labute approximate surface area is 141 Å². The molecular formula is C18H25N3OS. The van der Waals surface area contributed by atoms with Crippen LogP contribution in [-0.2, 0) is 4.79 Å². The summed E-state index contributed by atoms with van der Waals surface area (Å²) in [5, 5.41) is 4.44. The lowest BCUT2D eigenvalue weighted by molar-refractivity contribution is -0.135.